The zero-order valence-electron chi connectivity index (χ0n) is 11.7. The molecule has 0 bridgehead atoms. The van der Waals surface area contributed by atoms with Crippen molar-refractivity contribution >= 4 is 46.4 Å². The highest BCUT2D eigenvalue weighted by atomic mass is 35.6. The first-order valence-electron chi connectivity index (χ1n) is 6.37. The van der Waals surface area contributed by atoms with Crippen LogP contribution in [0.2, 0.25) is 0 Å². The smallest absolute Gasteiger partial charge is 0.228 e. The van der Waals surface area contributed by atoms with Gasteiger partial charge in [-0.3, -0.25) is 4.79 Å². The molecule has 0 aliphatic rings. The number of aryl methyl sites for hydroxylation is 1. The number of anilines is 1. The van der Waals surface area contributed by atoms with E-state index in [9.17, 15) is 4.79 Å². The van der Waals surface area contributed by atoms with Gasteiger partial charge in [0.1, 0.15) is 6.17 Å². The minimum atomic E-state index is -1.64. The first-order chi connectivity index (χ1) is 9.18. The lowest BCUT2D eigenvalue weighted by molar-refractivity contribution is -0.122. The number of carbonyl (C=O) groups is 1. The van der Waals surface area contributed by atoms with Crippen molar-refractivity contribution in [3.63, 3.8) is 0 Å². The molecule has 0 unspecified atom stereocenters. The Morgan fingerprint density at radius 1 is 1.20 bits per heavy atom. The Labute approximate surface area is 135 Å². The average Bonchev–Trinajstić information content (AvgIpc) is 2.28. The molecule has 112 valence electrons. The fraction of sp³-hybridized carbons (Fsp3) is 0.500. The maximum atomic E-state index is 11.8. The van der Waals surface area contributed by atoms with Crippen LogP contribution in [0.15, 0.2) is 24.3 Å². The molecule has 1 atom stereocenters. The molecule has 0 aliphatic heterocycles. The summed E-state index contributed by atoms with van der Waals surface area (Å²) in [4.78, 5) is 11.8. The molecule has 3 nitrogen and oxygen atoms in total. The van der Waals surface area contributed by atoms with Gasteiger partial charge in [0, 0.05) is 12.1 Å². The number of rotatable bonds is 5. The number of alkyl halides is 3. The third-order valence-corrected chi connectivity index (χ3v) is 3.24. The van der Waals surface area contributed by atoms with Crippen molar-refractivity contribution in [1.82, 2.24) is 5.32 Å². The van der Waals surface area contributed by atoms with Crippen LogP contribution in [0.4, 0.5) is 5.69 Å². The number of halogens is 3. The summed E-state index contributed by atoms with van der Waals surface area (Å²) in [6.45, 7) is 5.90. The second-order valence-corrected chi connectivity index (χ2v) is 7.52. The molecule has 0 spiro atoms. The molecule has 0 aliphatic carbocycles. The maximum absolute atomic E-state index is 11.8. The van der Waals surface area contributed by atoms with Crippen LogP contribution in [0.5, 0.6) is 0 Å². The minimum Gasteiger partial charge on any atom is -0.362 e. The molecule has 6 heteroatoms. The second kappa shape index (κ2) is 7.39. The largest absolute Gasteiger partial charge is 0.362 e. The lowest BCUT2D eigenvalue weighted by Gasteiger charge is -2.27. The topological polar surface area (TPSA) is 41.1 Å². The molecule has 0 saturated carbocycles. The summed E-state index contributed by atoms with van der Waals surface area (Å²) in [5.74, 6) is 0.0846. The Morgan fingerprint density at radius 3 is 2.20 bits per heavy atom. The molecule has 1 aromatic carbocycles. The number of hydrogen-bond donors (Lipinski definition) is 2. The number of benzene rings is 1. The van der Waals surface area contributed by atoms with Gasteiger partial charge in [-0.1, -0.05) is 66.3 Å². The summed E-state index contributed by atoms with van der Waals surface area (Å²) in [7, 11) is 0. The zero-order chi connectivity index (χ0) is 15.3. The second-order valence-electron chi connectivity index (χ2n) is 5.15. The highest BCUT2D eigenvalue weighted by Crippen LogP contribution is 2.31. The number of nitrogens with one attached hydrogen (secondary N) is 2. The van der Waals surface area contributed by atoms with Gasteiger partial charge in [0.15, 0.2) is 0 Å². The predicted molar refractivity (Wildman–Crippen MR) is 86.5 cm³/mol. The van der Waals surface area contributed by atoms with E-state index in [1.54, 1.807) is 0 Å². The van der Waals surface area contributed by atoms with Crippen LogP contribution < -0.4 is 10.6 Å². The number of carbonyl (C=O) groups excluding carboxylic acids is 1. The summed E-state index contributed by atoms with van der Waals surface area (Å²) in [5.41, 5.74) is 1.90. The first-order valence-corrected chi connectivity index (χ1v) is 7.51. The summed E-state index contributed by atoms with van der Waals surface area (Å²) < 4.78 is -1.64. The zero-order valence-corrected chi connectivity index (χ0v) is 14.0. The normalized spacial score (nSPS) is 13.2. The van der Waals surface area contributed by atoms with Crippen molar-refractivity contribution in [2.75, 3.05) is 5.32 Å². The van der Waals surface area contributed by atoms with Crippen LogP contribution in [-0.2, 0) is 4.79 Å². The quantitative estimate of drug-likeness (QED) is 0.622. The van der Waals surface area contributed by atoms with Crippen LogP contribution >= 0.6 is 34.8 Å². The molecule has 0 fully saturated rings. The lowest BCUT2D eigenvalue weighted by atomic mass is 10.1. The average molecular weight is 338 g/mol. The molecule has 2 N–H and O–H groups in total. The number of hydrogen-bond acceptors (Lipinski definition) is 2. The molecule has 0 radical (unpaired) electrons. The van der Waals surface area contributed by atoms with E-state index >= 15 is 0 Å². The van der Waals surface area contributed by atoms with E-state index in [4.69, 9.17) is 34.8 Å². The molecule has 0 saturated heterocycles. The molecule has 1 amide bonds. The fourth-order valence-electron chi connectivity index (χ4n) is 1.61. The molecule has 1 aromatic rings. The van der Waals surface area contributed by atoms with Gasteiger partial charge in [0.05, 0.1) is 0 Å². The van der Waals surface area contributed by atoms with Gasteiger partial charge in [-0.2, -0.15) is 0 Å². The SMILES string of the molecule is Cc1ccc(N[C@H](NC(=O)CC(C)C)C(Cl)(Cl)Cl)cc1. The van der Waals surface area contributed by atoms with Gasteiger partial charge in [0.2, 0.25) is 9.70 Å². The third-order valence-electron chi connectivity index (χ3n) is 2.59. The van der Waals surface area contributed by atoms with E-state index in [-0.39, 0.29) is 11.8 Å². The van der Waals surface area contributed by atoms with Crippen LogP contribution in [-0.4, -0.2) is 15.9 Å². The Kier molecular flexibility index (Phi) is 6.44. The predicted octanol–water partition coefficient (Wildman–Crippen LogP) is 4.27. The van der Waals surface area contributed by atoms with E-state index in [2.05, 4.69) is 10.6 Å². The van der Waals surface area contributed by atoms with Crippen molar-refractivity contribution in [2.24, 2.45) is 5.92 Å². The highest BCUT2D eigenvalue weighted by Gasteiger charge is 2.34. The van der Waals surface area contributed by atoms with Crippen molar-refractivity contribution in [2.45, 2.75) is 37.2 Å². The molecule has 0 aromatic heterocycles. The lowest BCUT2D eigenvalue weighted by Crippen LogP contribution is -2.49. The standard InChI is InChI=1S/C14H19Cl3N2O/c1-9(2)8-12(20)19-13(14(15,16)17)18-11-6-4-10(3)5-7-11/h4-7,9,13,18H,8H2,1-3H3,(H,19,20)/t13-/m1/s1. The minimum absolute atomic E-state index is 0.157. The Bertz CT molecular complexity index is 441. The first kappa shape index (κ1) is 17.4. The fourth-order valence-corrected chi connectivity index (χ4v) is 1.93. The Balaban J connectivity index is 2.75. The van der Waals surface area contributed by atoms with Gasteiger partial charge in [-0.25, -0.2) is 0 Å². The Morgan fingerprint density at radius 2 is 1.75 bits per heavy atom. The van der Waals surface area contributed by atoms with Crippen LogP contribution in [0, 0.1) is 12.8 Å². The summed E-state index contributed by atoms with van der Waals surface area (Å²) >= 11 is 17.7. The Hall–Kier alpha value is -0.640. The van der Waals surface area contributed by atoms with Gasteiger partial charge in [-0.05, 0) is 25.0 Å². The van der Waals surface area contributed by atoms with Crippen molar-refractivity contribution in [1.29, 1.82) is 0 Å². The van der Waals surface area contributed by atoms with E-state index in [1.165, 1.54) is 0 Å². The summed E-state index contributed by atoms with van der Waals surface area (Å²) in [5, 5.41) is 5.73. The van der Waals surface area contributed by atoms with Gasteiger partial charge in [-0.15, -0.1) is 0 Å². The summed E-state index contributed by atoms with van der Waals surface area (Å²) in [6, 6.07) is 7.61. The molecular weight excluding hydrogens is 319 g/mol. The van der Waals surface area contributed by atoms with Crippen LogP contribution in [0.25, 0.3) is 0 Å². The van der Waals surface area contributed by atoms with Crippen LogP contribution in [0.3, 0.4) is 0 Å². The molecule has 0 heterocycles. The maximum Gasteiger partial charge on any atom is 0.228 e. The summed E-state index contributed by atoms with van der Waals surface area (Å²) in [6.07, 6.45) is -0.409. The van der Waals surface area contributed by atoms with E-state index < -0.39 is 9.96 Å². The molecular formula is C14H19Cl3N2O. The van der Waals surface area contributed by atoms with Crippen molar-refractivity contribution in [3.8, 4) is 0 Å². The third kappa shape index (κ3) is 6.21. The van der Waals surface area contributed by atoms with Gasteiger partial charge >= 0.3 is 0 Å². The van der Waals surface area contributed by atoms with E-state index in [0.29, 0.717) is 6.42 Å². The van der Waals surface area contributed by atoms with Crippen molar-refractivity contribution in [3.05, 3.63) is 29.8 Å². The van der Waals surface area contributed by atoms with Gasteiger partial charge in [0.25, 0.3) is 0 Å². The number of amides is 1. The molecule has 1 rings (SSSR count). The molecule has 20 heavy (non-hydrogen) atoms. The van der Waals surface area contributed by atoms with E-state index in [1.807, 2.05) is 45.0 Å². The van der Waals surface area contributed by atoms with Gasteiger partial charge < -0.3 is 10.6 Å². The highest BCUT2D eigenvalue weighted by molar-refractivity contribution is 6.68. The van der Waals surface area contributed by atoms with Crippen molar-refractivity contribution < 1.29 is 4.79 Å². The van der Waals surface area contributed by atoms with E-state index in [0.717, 1.165) is 11.3 Å². The monoisotopic (exact) mass is 336 g/mol. The van der Waals surface area contributed by atoms with Crippen LogP contribution in [0.1, 0.15) is 25.8 Å².